The first-order chi connectivity index (χ1) is 13.7. The van der Waals surface area contributed by atoms with Gasteiger partial charge in [-0.25, -0.2) is 0 Å². The molecule has 4 rings (SSSR count). The fourth-order valence-electron chi connectivity index (χ4n) is 3.76. The number of amides is 2. The average Bonchev–Trinajstić information content (AvgIpc) is 3.29. The fourth-order valence-corrected chi connectivity index (χ4v) is 3.76. The van der Waals surface area contributed by atoms with Crippen LogP contribution in [0.5, 0.6) is 0 Å². The number of para-hydroxylation sites is 1. The lowest BCUT2D eigenvalue weighted by atomic mass is 9.83. The molecular weight excluding hydrogens is 352 g/mol. The van der Waals surface area contributed by atoms with E-state index in [1.807, 2.05) is 48.5 Å². The lowest BCUT2D eigenvalue weighted by Crippen LogP contribution is -2.46. The molecule has 0 saturated carbocycles. The van der Waals surface area contributed by atoms with Gasteiger partial charge in [0.25, 0.3) is 5.91 Å². The Morgan fingerprint density at radius 2 is 1.64 bits per heavy atom. The van der Waals surface area contributed by atoms with E-state index >= 15 is 0 Å². The van der Waals surface area contributed by atoms with Crippen molar-refractivity contribution < 1.29 is 14.0 Å². The molecule has 1 N–H and O–H groups in total. The van der Waals surface area contributed by atoms with Gasteiger partial charge in [-0.3, -0.25) is 9.59 Å². The highest BCUT2D eigenvalue weighted by Gasteiger charge is 2.35. The Balaban J connectivity index is 1.56. The summed E-state index contributed by atoms with van der Waals surface area (Å²) in [6, 6.07) is 21.1. The van der Waals surface area contributed by atoms with E-state index in [1.54, 1.807) is 11.0 Å². The quantitative estimate of drug-likeness (QED) is 0.746. The van der Waals surface area contributed by atoms with Gasteiger partial charge in [-0.05, 0) is 30.2 Å². The maximum Gasteiger partial charge on any atom is 0.257 e. The molecule has 1 aliphatic rings. The predicted octanol–water partition coefficient (Wildman–Crippen LogP) is 4.16. The van der Waals surface area contributed by atoms with Crippen molar-refractivity contribution in [2.75, 3.05) is 18.4 Å². The zero-order valence-electron chi connectivity index (χ0n) is 15.5. The Morgan fingerprint density at radius 3 is 2.32 bits per heavy atom. The number of nitrogens with one attached hydrogen (secondary N) is 1. The SMILES string of the molecule is O=C(Nc1ccccc1)C1CC(c2ccccc2)CN(C(=O)c2ccoc2)C1. The lowest BCUT2D eigenvalue weighted by Gasteiger charge is -2.37. The number of hydrogen-bond acceptors (Lipinski definition) is 3. The van der Waals surface area contributed by atoms with Crippen molar-refractivity contribution in [1.82, 2.24) is 4.90 Å². The predicted molar refractivity (Wildman–Crippen MR) is 107 cm³/mol. The third-order valence-corrected chi connectivity index (χ3v) is 5.19. The topological polar surface area (TPSA) is 62.6 Å². The average molecular weight is 374 g/mol. The molecular formula is C23H22N2O3. The van der Waals surface area contributed by atoms with Gasteiger partial charge in [0.15, 0.2) is 0 Å². The summed E-state index contributed by atoms with van der Waals surface area (Å²) in [5, 5.41) is 2.98. The standard InChI is InChI=1S/C23H22N2O3/c26-22(24-21-9-5-2-6-10-21)20-13-19(17-7-3-1-4-8-17)14-25(15-20)23(27)18-11-12-28-16-18/h1-12,16,19-20H,13-15H2,(H,24,26). The number of benzene rings is 2. The molecule has 2 unspecified atom stereocenters. The molecule has 0 aliphatic carbocycles. The van der Waals surface area contributed by atoms with Gasteiger partial charge in [-0.2, -0.15) is 0 Å². The van der Waals surface area contributed by atoms with E-state index in [2.05, 4.69) is 17.4 Å². The molecule has 1 aromatic heterocycles. The number of hydrogen-bond donors (Lipinski definition) is 1. The smallest absolute Gasteiger partial charge is 0.257 e. The number of carbonyl (C=O) groups excluding carboxylic acids is 2. The summed E-state index contributed by atoms with van der Waals surface area (Å²) in [6.07, 6.45) is 3.65. The molecule has 2 heterocycles. The summed E-state index contributed by atoms with van der Waals surface area (Å²) in [5.74, 6) is -0.337. The molecule has 0 bridgehead atoms. The van der Waals surface area contributed by atoms with Gasteiger partial charge in [-0.1, -0.05) is 48.5 Å². The van der Waals surface area contributed by atoms with Gasteiger partial charge in [-0.15, -0.1) is 0 Å². The number of rotatable bonds is 4. The lowest BCUT2D eigenvalue weighted by molar-refractivity contribution is -0.121. The normalized spacial score (nSPS) is 19.2. The molecule has 2 amide bonds. The van der Waals surface area contributed by atoms with E-state index < -0.39 is 0 Å². The maximum atomic E-state index is 12.9. The Bertz CT molecular complexity index is 923. The minimum Gasteiger partial charge on any atom is -0.472 e. The fraction of sp³-hybridized carbons (Fsp3) is 0.217. The summed E-state index contributed by atoms with van der Waals surface area (Å²) in [7, 11) is 0. The second-order valence-corrected chi connectivity index (χ2v) is 7.12. The summed E-state index contributed by atoms with van der Waals surface area (Å²) in [5.41, 5.74) is 2.42. The minimum atomic E-state index is -0.282. The summed E-state index contributed by atoms with van der Waals surface area (Å²) in [4.78, 5) is 27.6. The number of furan rings is 1. The molecule has 142 valence electrons. The van der Waals surface area contributed by atoms with Crippen molar-refractivity contribution in [2.45, 2.75) is 12.3 Å². The first kappa shape index (κ1) is 18.0. The van der Waals surface area contributed by atoms with Gasteiger partial charge in [0.1, 0.15) is 6.26 Å². The molecule has 0 spiro atoms. The van der Waals surface area contributed by atoms with Crippen molar-refractivity contribution in [1.29, 1.82) is 0 Å². The van der Waals surface area contributed by atoms with Crippen LogP contribution in [-0.4, -0.2) is 29.8 Å². The Kier molecular flexibility index (Phi) is 5.24. The number of piperidine rings is 1. The van der Waals surface area contributed by atoms with Crippen LogP contribution >= 0.6 is 0 Å². The maximum absolute atomic E-state index is 12.9. The van der Waals surface area contributed by atoms with Crippen molar-refractivity contribution in [3.63, 3.8) is 0 Å². The monoisotopic (exact) mass is 374 g/mol. The van der Waals surface area contributed by atoms with Gasteiger partial charge in [0, 0.05) is 24.7 Å². The second kappa shape index (κ2) is 8.13. The summed E-state index contributed by atoms with van der Waals surface area (Å²) >= 11 is 0. The second-order valence-electron chi connectivity index (χ2n) is 7.12. The van der Waals surface area contributed by atoms with E-state index in [1.165, 1.54) is 12.5 Å². The van der Waals surface area contributed by atoms with Crippen LogP contribution in [0.4, 0.5) is 5.69 Å². The van der Waals surface area contributed by atoms with Crippen LogP contribution in [-0.2, 0) is 4.79 Å². The van der Waals surface area contributed by atoms with Crippen LogP contribution in [0.2, 0.25) is 0 Å². The van der Waals surface area contributed by atoms with Crippen molar-refractivity contribution in [3.8, 4) is 0 Å². The van der Waals surface area contributed by atoms with Gasteiger partial charge < -0.3 is 14.6 Å². The van der Waals surface area contributed by atoms with Crippen LogP contribution in [0.25, 0.3) is 0 Å². The van der Waals surface area contributed by atoms with Crippen molar-refractivity contribution >= 4 is 17.5 Å². The Morgan fingerprint density at radius 1 is 0.929 bits per heavy atom. The Labute approximate surface area is 164 Å². The molecule has 1 aliphatic heterocycles. The highest BCUT2D eigenvalue weighted by Crippen LogP contribution is 2.32. The molecule has 1 saturated heterocycles. The molecule has 1 fully saturated rings. The van der Waals surface area contributed by atoms with E-state index in [0.717, 1.165) is 11.3 Å². The first-order valence-corrected chi connectivity index (χ1v) is 9.43. The Hall–Kier alpha value is -3.34. The molecule has 2 aromatic carbocycles. The third kappa shape index (κ3) is 3.98. The van der Waals surface area contributed by atoms with E-state index in [4.69, 9.17) is 4.42 Å². The largest absolute Gasteiger partial charge is 0.472 e. The summed E-state index contributed by atoms with van der Waals surface area (Å²) in [6.45, 7) is 0.981. The number of likely N-dealkylation sites (tertiary alicyclic amines) is 1. The van der Waals surface area contributed by atoms with Crippen LogP contribution in [0.15, 0.2) is 83.7 Å². The molecule has 5 heteroatoms. The number of carbonyl (C=O) groups is 2. The third-order valence-electron chi connectivity index (χ3n) is 5.19. The van der Waals surface area contributed by atoms with Crippen LogP contribution in [0, 0.1) is 5.92 Å². The summed E-state index contributed by atoms with van der Waals surface area (Å²) < 4.78 is 5.06. The van der Waals surface area contributed by atoms with E-state index in [-0.39, 0.29) is 23.7 Å². The highest BCUT2D eigenvalue weighted by atomic mass is 16.3. The van der Waals surface area contributed by atoms with Crippen LogP contribution < -0.4 is 5.32 Å². The molecule has 5 nitrogen and oxygen atoms in total. The minimum absolute atomic E-state index is 0.0585. The van der Waals surface area contributed by atoms with Crippen molar-refractivity contribution in [3.05, 3.63) is 90.4 Å². The molecule has 2 atom stereocenters. The van der Waals surface area contributed by atoms with E-state index in [9.17, 15) is 9.59 Å². The zero-order valence-corrected chi connectivity index (χ0v) is 15.5. The number of nitrogens with zero attached hydrogens (tertiary/aromatic N) is 1. The first-order valence-electron chi connectivity index (χ1n) is 9.43. The zero-order chi connectivity index (χ0) is 19.3. The van der Waals surface area contributed by atoms with Gasteiger partial charge in [0.05, 0.1) is 17.7 Å². The van der Waals surface area contributed by atoms with Gasteiger partial charge >= 0.3 is 0 Å². The van der Waals surface area contributed by atoms with Crippen LogP contribution in [0.3, 0.4) is 0 Å². The van der Waals surface area contributed by atoms with Gasteiger partial charge in [0.2, 0.25) is 5.91 Å². The van der Waals surface area contributed by atoms with E-state index in [0.29, 0.717) is 25.1 Å². The van der Waals surface area contributed by atoms with Crippen LogP contribution in [0.1, 0.15) is 28.3 Å². The molecule has 0 radical (unpaired) electrons. The van der Waals surface area contributed by atoms with Crippen molar-refractivity contribution in [2.24, 2.45) is 5.92 Å². The molecule has 28 heavy (non-hydrogen) atoms. The highest BCUT2D eigenvalue weighted by molar-refractivity contribution is 5.96. The molecule has 3 aromatic rings. The number of anilines is 1.